The summed E-state index contributed by atoms with van der Waals surface area (Å²) in [5.74, 6) is 0. The number of carbonyl (C=O) groups is 1. The van der Waals surface area contributed by atoms with E-state index in [1.807, 2.05) is 42.8 Å². The number of rotatable bonds is 5. The van der Waals surface area contributed by atoms with E-state index in [1.165, 1.54) is 10.5 Å². The van der Waals surface area contributed by atoms with E-state index in [9.17, 15) is 4.79 Å². The van der Waals surface area contributed by atoms with Gasteiger partial charge in [-0.15, -0.1) is 11.8 Å². The summed E-state index contributed by atoms with van der Waals surface area (Å²) in [6, 6.07) is 12.0. The van der Waals surface area contributed by atoms with Crippen molar-refractivity contribution in [2.75, 3.05) is 24.7 Å². The molecule has 0 saturated carbocycles. The maximum atomic E-state index is 12.2. The minimum Gasteiger partial charge on any atom is -0.334 e. The predicted octanol–water partition coefficient (Wildman–Crippen LogP) is 3.59. The molecule has 1 fully saturated rings. The number of hydrogen-bond acceptors (Lipinski definition) is 4. The van der Waals surface area contributed by atoms with Gasteiger partial charge in [0.15, 0.2) is 0 Å². The molecule has 1 aliphatic rings. The number of carbonyl (C=O) groups excluding carboxylic acids is 1. The average molecular weight is 356 g/mol. The lowest BCUT2D eigenvalue weighted by atomic mass is 10.1. The Morgan fingerprint density at radius 1 is 1.32 bits per heavy atom. The fourth-order valence-corrected chi connectivity index (χ4v) is 3.50. The fourth-order valence-electron chi connectivity index (χ4n) is 3.09. The summed E-state index contributed by atoms with van der Waals surface area (Å²) in [5.41, 5.74) is 2.03. The number of pyridine rings is 1. The number of nitrogens with one attached hydrogen (secondary N) is 2. The number of benzene rings is 1. The van der Waals surface area contributed by atoms with Crippen molar-refractivity contribution in [1.29, 1.82) is 0 Å². The first kappa shape index (κ1) is 17.8. The van der Waals surface area contributed by atoms with Gasteiger partial charge in [0.25, 0.3) is 0 Å². The lowest BCUT2D eigenvalue weighted by Crippen LogP contribution is -2.48. The monoisotopic (exact) mass is 356 g/mol. The zero-order valence-corrected chi connectivity index (χ0v) is 15.3. The fraction of sp³-hybridized carbons (Fsp3) is 0.368. The summed E-state index contributed by atoms with van der Waals surface area (Å²) in [7, 11) is 0. The van der Waals surface area contributed by atoms with Crippen LogP contribution in [-0.2, 0) is 6.54 Å². The van der Waals surface area contributed by atoms with E-state index in [2.05, 4.69) is 26.6 Å². The topological polar surface area (TPSA) is 57.3 Å². The Kier molecular flexibility index (Phi) is 6.30. The van der Waals surface area contributed by atoms with Crippen LogP contribution in [0.15, 0.2) is 53.7 Å². The molecule has 1 aromatic carbocycles. The van der Waals surface area contributed by atoms with Gasteiger partial charge in [0.2, 0.25) is 0 Å². The summed E-state index contributed by atoms with van der Waals surface area (Å²) in [6.07, 6.45) is 7.84. The van der Waals surface area contributed by atoms with Gasteiger partial charge in [-0.2, -0.15) is 0 Å². The van der Waals surface area contributed by atoms with Crippen molar-refractivity contribution < 1.29 is 4.79 Å². The van der Waals surface area contributed by atoms with E-state index < -0.39 is 0 Å². The van der Waals surface area contributed by atoms with Crippen LogP contribution in [0.2, 0.25) is 0 Å². The summed E-state index contributed by atoms with van der Waals surface area (Å²) in [4.78, 5) is 20.0. The van der Waals surface area contributed by atoms with E-state index >= 15 is 0 Å². The Morgan fingerprint density at radius 3 is 2.88 bits per heavy atom. The second-order valence-electron chi connectivity index (χ2n) is 6.26. The van der Waals surface area contributed by atoms with Crippen molar-refractivity contribution in [2.24, 2.45) is 0 Å². The molecule has 0 radical (unpaired) electrons. The predicted molar refractivity (Wildman–Crippen MR) is 103 cm³/mol. The maximum Gasteiger partial charge on any atom is 0.319 e. The number of likely N-dealkylation sites (tertiary alicyclic amines) is 1. The first-order chi connectivity index (χ1) is 12.2. The van der Waals surface area contributed by atoms with Gasteiger partial charge >= 0.3 is 6.03 Å². The Hall–Kier alpha value is -2.05. The molecule has 2 aromatic rings. The van der Waals surface area contributed by atoms with E-state index in [-0.39, 0.29) is 12.1 Å². The first-order valence-corrected chi connectivity index (χ1v) is 9.78. The minimum atomic E-state index is -0.134. The van der Waals surface area contributed by atoms with Gasteiger partial charge in [0.05, 0.1) is 0 Å². The highest BCUT2D eigenvalue weighted by Gasteiger charge is 2.21. The molecular weight excluding hydrogens is 332 g/mol. The molecule has 1 aromatic heterocycles. The number of urea groups is 1. The zero-order chi connectivity index (χ0) is 17.5. The van der Waals surface area contributed by atoms with Crippen molar-refractivity contribution in [2.45, 2.75) is 30.3 Å². The van der Waals surface area contributed by atoms with Crippen molar-refractivity contribution in [3.63, 3.8) is 0 Å². The highest BCUT2D eigenvalue weighted by molar-refractivity contribution is 7.98. The average Bonchev–Trinajstić information content (AvgIpc) is 2.63. The third kappa shape index (κ3) is 5.47. The lowest BCUT2D eigenvalue weighted by Gasteiger charge is -2.33. The smallest absolute Gasteiger partial charge is 0.319 e. The number of nitrogens with zero attached hydrogens (tertiary/aromatic N) is 2. The molecule has 1 atom stereocenters. The van der Waals surface area contributed by atoms with Gasteiger partial charge in [-0.3, -0.25) is 9.88 Å². The Bertz CT molecular complexity index is 678. The van der Waals surface area contributed by atoms with Crippen LogP contribution < -0.4 is 10.6 Å². The van der Waals surface area contributed by atoms with Gasteiger partial charge in [-0.25, -0.2) is 4.79 Å². The quantitative estimate of drug-likeness (QED) is 0.804. The molecule has 6 heteroatoms. The van der Waals surface area contributed by atoms with Gasteiger partial charge in [0.1, 0.15) is 0 Å². The van der Waals surface area contributed by atoms with Crippen LogP contribution in [0.5, 0.6) is 0 Å². The van der Waals surface area contributed by atoms with E-state index in [0.717, 1.165) is 38.2 Å². The molecule has 2 N–H and O–H groups in total. The van der Waals surface area contributed by atoms with Gasteiger partial charge in [0, 0.05) is 42.1 Å². The maximum absolute atomic E-state index is 12.2. The molecule has 1 unspecified atom stereocenters. The third-order valence-corrected chi connectivity index (χ3v) is 5.06. The van der Waals surface area contributed by atoms with Crippen molar-refractivity contribution in [1.82, 2.24) is 15.2 Å². The first-order valence-electron chi connectivity index (χ1n) is 8.56. The summed E-state index contributed by atoms with van der Waals surface area (Å²) >= 11 is 1.69. The molecule has 5 nitrogen and oxygen atoms in total. The zero-order valence-electron chi connectivity index (χ0n) is 14.4. The second-order valence-corrected chi connectivity index (χ2v) is 7.14. The number of hydrogen-bond donors (Lipinski definition) is 2. The molecule has 1 aliphatic heterocycles. The van der Waals surface area contributed by atoms with Crippen molar-refractivity contribution in [3.05, 3.63) is 54.4 Å². The van der Waals surface area contributed by atoms with E-state index in [0.29, 0.717) is 0 Å². The number of piperidine rings is 1. The SMILES string of the molecule is CSc1ccc(NC(=O)NC2CCCN(Cc3cccnc3)C2)cc1. The number of anilines is 1. The van der Waals surface area contributed by atoms with Crippen molar-refractivity contribution >= 4 is 23.5 Å². The second kappa shape index (κ2) is 8.87. The van der Waals surface area contributed by atoms with E-state index in [4.69, 9.17) is 0 Å². The Balaban J connectivity index is 1.48. The lowest BCUT2D eigenvalue weighted by molar-refractivity contribution is 0.183. The molecule has 0 aliphatic carbocycles. The van der Waals surface area contributed by atoms with Crippen LogP contribution in [0.1, 0.15) is 18.4 Å². The standard InChI is InChI=1S/C19H24N4OS/c1-25-18-8-6-16(7-9-18)21-19(24)22-17-5-3-11-23(14-17)13-15-4-2-10-20-12-15/h2,4,6-10,12,17H,3,5,11,13-14H2,1H3,(H2,21,22,24). The highest BCUT2D eigenvalue weighted by atomic mass is 32.2. The van der Waals surface area contributed by atoms with Crippen LogP contribution in [-0.4, -0.2) is 41.3 Å². The summed E-state index contributed by atoms with van der Waals surface area (Å²) < 4.78 is 0. The van der Waals surface area contributed by atoms with Crippen LogP contribution in [0.3, 0.4) is 0 Å². The van der Waals surface area contributed by atoms with Gasteiger partial charge in [-0.05, 0) is 61.5 Å². The molecule has 1 saturated heterocycles. The Morgan fingerprint density at radius 2 is 2.16 bits per heavy atom. The van der Waals surface area contributed by atoms with Crippen LogP contribution in [0.25, 0.3) is 0 Å². The summed E-state index contributed by atoms with van der Waals surface area (Å²) in [5, 5.41) is 6.02. The molecular formula is C19H24N4OS. The Labute approximate surface area is 153 Å². The van der Waals surface area contributed by atoms with Crippen LogP contribution in [0.4, 0.5) is 10.5 Å². The number of thioether (sulfide) groups is 1. The molecule has 3 rings (SSSR count). The molecule has 2 amide bonds. The molecule has 0 bridgehead atoms. The molecule has 25 heavy (non-hydrogen) atoms. The minimum absolute atomic E-state index is 0.134. The van der Waals surface area contributed by atoms with Crippen molar-refractivity contribution in [3.8, 4) is 0 Å². The van der Waals surface area contributed by atoms with Gasteiger partial charge in [-0.1, -0.05) is 6.07 Å². The van der Waals surface area contributed by atoms with E-state index in [1.54, 1.807) is 18.0 Å². The number of amides is 2. The molecule has 132 valence electrons. The molecule has 2 heterocycles. The summed E-state index contributed by atoms with van der Waals surface area (Å²) in [6.45, 7) is 2.81. The van der Waals surface area contributed by atoms with Crippen LogP contribution in [0, 0.1) is 0 Å². The molecule has 0 spiro atoms. The normalized spacial score (nSPS) is 17.9. The van der Waals surface area contributed by atoms with Crippen LogP contribution >= 0.6 is 11.8 Å². The third-order valence-electron chi connectivity index (χ3n) is 4.32. The van der Waals surface area contributed by atoms with Gasteiger partial charge < -0.3 is 10.6 Å². The highest BCUT2D eigenvalue weighted by Crippen LogP contribution is 2.18. The largest absolute Gasteiger partial charge is 0.334 e. The number of aromatic nitrogens is 1.